The SMILES string of the molecule is CCONC(=O)CCNC(C)(C)C. The second-order valence-electron chi connectivity index (χ2n) is 3.89. The predicted molar refractivity (Wildman–Crippen MR) is 52.1 cm³/mol. The second-order valence-corrected chi connectivity index (χ2v) is 3.89. The number of hydrogen-bond donors (Lipinski definition) is 2. The van der Waals surface area contributed by atoms with Gasteiger partial charge in [-0.1, -0.05) is 0 Å². The predicted octanol–water partition coefficient (Wildman–Crippen LogP) is 0.832. The molecule has 0 saturated carbocycles. The minimum atomic E-state index is -0.0846. The fraction of sp³-hybridized carbons (Fsp3) is 0.889. The van der Waals surface area contributed by atoms with Crippen molar-refractivity contribution in [3.05, 3.63) is 0 Å². The molecule has 78 valence electrons. The molecule has 0 fully saturated rings. The Bertz CT molecular complexity index is 152. The molecule has 0 unspecified atom stereocenters. The Hall–Kier alpha value is -0.610. The van der Waals surface area contributed by atoms with Crippen LogP contribution in [0.3, 0.4) is 0 Å². The van der Waals surface area contributed by atoms with Gasteiger partial charge in [0.15, 0.2) is 0 Å². The average molecular weight is 188 g/mol. The highest BCUT2D eigenvalue weighted by atomic mass is 16.6. The molecule has 0 spiro atoms. The zero-order chi connectivity index (χ0) is 10.3. The van der Waals surface area contributed by atoms with Gasteiger partial charge in [0, 0.05) is 18.5 Å². The number of rotatable bonds is 5. The fourth-order valence-corrected chi connectivity index (χ4v) is 0.755. The largest absolute Gasteiger partial charge is 0.312 e. The number of carbonyl (C=O) groups excluding carboxylic acids is 1. The van der Waals surface area contributed by atoms with Crippen molar-refractivity contribution in [3.63, 3.8) is 0 Å². The van der Waals surface area contributed by atoms with Crippen LogP contribution in [0.1, 0.15) is 34.1 Å². The molecule has 0 atom stereocenters. The number of carbonyl (C=O) groups is 1. The van der Waals surface area contributed by atoms with Crippen LogP contribution in [0.2, 0.25) is 0 Å². The lowest BCUT2D eigenvalue weighted by atomic mass is 10.1. The number of amides is 1. The molecule has 2 N–H and O–H groups in total. The Kier molecular flexibility index (Phi) is 5.66. The van der Waals surface area contributed by atoms with Gasteiger partial charge in [-0.2, -0.15) is 0 Å². The van der Waals surface area contributed by atoms with Crippen molar-refractivity contribution < 1.29 is 9.63 Å². The number of nitrogens with one attached hydrogen (secondary N) is 2. The van der Waals surface area contributed by atoms with E-state index in [4.69, 9.17) is 4.84 Å². The van der Waals surface area contributed by atoms with Crippen molar-refractivity contribution in [2.45, 2.75) is 39.7 Å². The highest BCUT2D eigenvalue weighted by Crippen LogP contribution is 1.97. The van der Waals surface area contributed by atoms with Crippen LogP contribution in [0, 0.1) is 0 Å². The van der Waals surface area contributed by atoms with Gasteiger partial charge in [-0.3, -0.25) is 9.63 Å². The van der Waals surface area contributed by atoms with Gasteiger partial charge in [0.05, 0.1) is 6.61 Å². The Morgan fingerprint density at radius 2 is 2.00 bits per heavy atom. The van der Waals surface area contributed by atoms with Gasteiger partial charge in [0.1, 0.15) is 0 Å². The Morgan fingerprint density at radius 1 is 1.38 bits per heavy atom. The maximum Gasteiger partial charge on any atom is 0.244 e. The standard InChI is InChI=1S/C9H20N2O2/c1-5-13-11-8(12)6-7-10-9(2,3)4/h10H,5-7H2,1-4H3,(H,11,12). The van der Waals surface area contributed by atoms with Crippen LogP contribution >= 0.6 is 0 Å². The molecular formula is C9H20N2O2. The maximum atomic E-state index is 11.0. The van der Waals surface area contributed by atoms with E-state index in [1.54, 1.807) is 0 Å². The normalized spacial score (nSPS) is 11.4. The third kappa shape index (κ3) is 9.30. The van der Waals surface area contributed by atoms with E-state index in [1.165, 1.54) is 0 Å². The van der Waals surface area contributed by atoms with Crippen molar-refractivity contribution in [2.24, 2.45) is 0 Å². The molecule has 0 aromatic carbocycles. The molecule has 13 heavy (non-hydrogen) atoms. The second kappa shape index (κ2) is 5.94. The summed E-state index contributed by atoms with van der Waals surface area (Å²) in [5.74, 6) is -0.0846. The van der Waals surface area contributed by atoms with Gasteiger partial charge in [-0.05, 0) is 27.7 Å². The van der Waals surface area contributed by atoms with Gasteiger partial charge in [0.2, 0.25) is 5.91 Å². The summed E-state index contributed by atoms with van der Waals surface area (Å²) < 4.78 is 0. The Balaban J connectivity index is 3.37. The molecule has 0 radical (unpaired) electrons. The monoisotopic (exact) mass is 188 g/mol. The van der Waals surface area contributed by atoms with Crippen LogP contribution in [-0.2, 0) is 9.63 Å². The molecule has 0 bridgehead atoms. The van der Waals surface area contributed by atoms with E-state index in [-0.39, 0.29) is 11.4 Å². The average Bonchev–Trinajstić information content (AvgIpc) is 1.98. The van der Waals surface area contributed by atoms with Crippen LogP contribution in [-0.4, -0.2) is 24.6 Å². The van der Waals surface area contributed by atoms with E-state index in [0.29, 0.717) is 19.6 Å². The molecule has 0 aromatic rings. The summed E-state index contributed by atoms with van der Waals surface area (Å²) >= 11 is 0. The summed E-state index contributed by atoms with van der Waals surface area (Å²) in [4.78, 5) is 15.8. The van der Waals surface area contributed by atoms with Crippen LogP contribution in [0.15, 0.2) is 0 Å². The Morgan fingerprint density at radius 3 is 2.46 bits per heavy atom. The summed E-state index contributed by atoms with van der Waals surface area (Å²) in [5, 5.41) is 3.21. The molecule has 0 rings (SSSR count). The molecule has 0 aliphatic heterocycles. The highest BCUT2D eigenvalue weighted by Gasteiger charge is 2.09. The van der Waals surface area contributed by atoms with Crippen molar-refractivity contribution in [3.8, 4) is 0 Å². The molecule has 1 amide bonds. The van der Waals surface area contributed by atoms with Gasteiger partial charge < -0.3 is 5.32 Å². The third-order valence-corrected chi connectivity index (χ3v) is 1.34. The molecule has 4 nitrogen and oxygen atoms in total. The van der Waals surface area contributed by atoms with E-state index < -0.39 is 0 Å². The fourth-order valence-electron chi connectivity index (χ4n) is 0.755. The van der Waals surface area contributed by atoms with E-state index in [0.717, 1.165) is 0 Å². The summed E-state index contributed by atoms with van der Waals surface area (Å²) in [5.41, 5.74) is 2.40. The summed E-state index contributed by atoms with van der Waals surface area (Å²) in [6, 6.07) is 0. The molecule has 0 aromatic heterocycles. The zero-order valence-corrected chi connectivity index (χ0v) is 8.94. The minimum absolute atomic E-state index is 0.0614. The smallest absolute Gasteiger partial charge is 0.244 e. The lowest BCUT2D eigenvalue weighted by Gasteiger charge is -2.19. The third-order valence-electron chi connectivity index (χ3n) is 1.34. The molecule has 0 heterocycles. The van der Waals surface area contributed by atoms with Gasteiger partial charge in [-0.15, -0.1) is 0 Å². The number of hydroxylamine groups is 1. The van der Waals surface area contributed by atoms with E-state index in [1.807, 2.05) is 6.92 Å². The first-order chi connectivity index (χ1) is 5.95. The van der Waals surface area contributed by atoms with E-state index >= 15 is 0 Å². The van der Waals surface area contributed by atoms with Crippen molar-refractivity contribution in [1.82, 2.24) is 10.8 Å². The lowest BCUT2D eigenvalue weighted by Crippen LogP contribution is -2.38. The molecule has 0 aliphatic rings. The van der Waals surface area contributed by atoms with Crippen molar-refractivity contribution in [1.29, 1.82) is 0 Å². The minimum Gasteiger partial charge on any atom is -0.312 e. The first-order valence-corrected chi connectivity index (χ1v) is 4.61. The summed E-state index contributed by atoms with van der Waals surface area (Å²) in [7, 11) is 0. The Labute approximate surface area is 80.0 Å². The summed E-state index contributed by atoms with van der Waals surface area (Å²) in [6.07, 6.45) is 0.442. The molecule has 0 aliphatic carbocycles. The summed E-state index contributed by atoms with van der Waals surface area (Å²) in [6.45, 7) is 9.18. The van der Waals surface area contributed by atoms with Gasteiger partial charge in [0.25, 0.3) is 0 Å². The van der Waals surface area contributed by atoms with Crippen LogP contribution < -0.4 is 10.8 Å². The molecule has 4 heteroatoms. The van der Waals surface area contributed by atoms with Crippen molar-refractivity contribution in [2.75, 3.05) is 13.2 Å². The zero-order valence-electron chi connectivity index (χ0n) is 8.94. The maximum absolute atomic E-state index is 11.0. The quantitative estimate of drug-likeness (QED) is 0.628. The number of hydrogen-bond acceptors (Lipinski definition) is 3. The molecule has 0 saturated heterocycles. The van der Waals surface area contributed by atoms with E-state index in [2.05, 4.69) is 31.6 Å². The van der Waals surface area contributed by atoms with Crippen LogP contribution in [0.25, 0.3) is 0 Å². The first-order valence-electron chi connectivity index (χ1n) is 4.61. The molecular weight excluding hydrogens is 168 g/mol. The topological polar surface area (TPSA) is 50.4 Å². The highest BCUT2D eigenvalue weighted by molar-refractivity contribution is 5.74. The van der Waals surface area contributed by atoms with E-state index in [9.17, 15) is 4.79 Å². The first kappa shape index (κ1) is 12.4. The van der Waals surface area contributed by atoms with Gasteiger partial charge in [-0.25, -0.2) is 5.48 Å². The van der Waals surface area contributed by atoms with Crippen LogP contribution in [0.4, 0.5) is 0 Å². The van der Waals surface area contributed by atoms with Gasteiger partial charge >= 0.3 is 0 Å². The van der Waals surface area contributed by atoms with Crippen molar-refractivity contribution >= 4 is 5.91 Å². The van der Waals surface area contributed by atoms with Crippen LogP contribution in [0.5, 0.6) is 0 Å². The lowest BCUT2D eigenvalue weighted by molar-refractivity contribution is -0.133.